The van der Waals surface area contributed by atoms with Gasteiger partial charge >= 0.3 is 0 Å². The van der Waals surface area contributed by atoms with E-state index in [1.54, 1.807) is 0 Å². The summed E-state index contributed by atoms with van der Waals surface area (Å²) >= 11 is 0. The molecule has 106 valence electrons. The minimum atomic E-state index is -0.560. The average Bonchev–Trinajstić information content (AvgIpc) is 2.76. The molecule has 0 heterocycles. The highest BCUT2D eigenvalue weighted by molar-refractivity contribution is 5.86. The third-order valence-electron chi connectivity index (χ3n) is 3.67. The molecule has 1 aliphatic carbocycles. The molecule has 0 saturated heterocycles. The molecule has 0 aromatic rings. The van der Waals surface area contributed by atoms with Crippen LogP contribution in [0.1, 0.15) is 51.4 Å². The monoisotopic (exact) mass is 274 g/mol. The molecule has 0 aliphatic heterocycles. The summed E-state index contributed by atoms with van der Waals surface area (Å²) in [5, 5.41) is 0. The minimum absolute atomic E-state index is 0. The van der Waals surface area contributed by atoms with E-state index < -0.39 is 5.54 Å². The second-order valence-electron chi connectivity index (χ2n) is 5.23. The van der Waals surface area contributed by atoms with Gasteiger partial charge in [-0.25, -0.2) is 0 Å². The molecule has 0 bridgehead atoms. The van der Waals surface area contributed by atoms with Gasteiger partial charge in [-0.3, -0.25) is 4.79 Å². The second kappa shape index (κ2) is 8.54. The van der Waals surface area contributed by atoms with Gasteiger partial charge in [0.2, 0.25) is 5.91 Å². The molecular formula is C14H27ClN2O. The van der Waals surface area contributed by atoms with E-state index in [0.717, 1.165) is 51.5 Å². The summed E-state index contributed by atoms with van der Waals surface area (Å²) in [5.41, 5.74) is 5.59. The molecule has 1 rings (SSSR count). The topological polar surface area (TPSA) is 46.3 Å². The van der Waals surface area contributed by atoms with Gasteiger partial charge in [0.1, 0.15) is 0 Å². The fraction of sp³-hybridized carbons (Fsp3) is 0.786. The molecule has 1 saturated carbocycles. The van der Waals surface area contributed by atoms with Crippen LogP contribution in [0.2, 0.25) is 0 Å². The number of unbranched alkanes of at least 4 members (excludes halogenated alkanes) is 3. The number of carbonyl (C=O) groups excluding carboxylic acids is 1. The first-order valence-electron chi connectivity index (χ1n) is 6.75. The Balaban J connectivity index is 0.00000289. The smallest absolute Gasteiger partial charge is 0.242 e. The van der Waals surface area contributed by atoms with E-state index in [2.05, 4.69) is 6.58 Å². The van der Waals surface area contributed by atoms with E-state index in [1.807, 2.05) is 18.0 Å². The molecule has 2 N–H and O–H groups in total. The predicted molar refractivity (Wildman–Crippen MR) is 78.9 cm³/mol. The van der Waals surface area contributed by atoms with Crippen molar-refractivity contribution in [2.75, 3.05) is 13.6 Å². The zero-order valence-electron chi connectivity index (χ0n) is 11.5. The molecule has 0 aromatic heterocycles. The summed E-state index contributed by atoms with van der Waals surface area (Å²) in [5.74, 6) is 0.138. The zero-order chi connectivity index (χ0) is 12.7. The molecule has 0 unspecified atom stereocenters. The molecule has 1 amide bonds. The van der Waals surface area contributed by atoms with E-state index in [-0.39, 0.29) is 18.3 Å². The number of hydrogen-bond donors (Lipinski definition) is 1. The van der Waals surface area contributed by atoms with Crippen molar-refractivity contribution in [2.45, 2.75) is 56.9 Å². The van der Waals surface area contributed by atoms with Crippen LogP contribution < -0.4 is 5.73 Å². The fourth-order valence-electron chi connectivity index (χ4n) is 2.52. The van der Waals surface area contributed by atoms with Crippen LogP contribution in [0.15, 0.2) is 12.7 Å². The van der Waals surface area contributed by atoms with Crippen LogP contribution in [0.3, 0.4) is 0 Å². The van der Waals surface area contributed by atoms with Gasteiger partial charge in [0.05, 0.1) is 5.54 Å². The third kappa shape index (κ3) is 4.99. The second-order valence-corrected chi connectivity index (χ2v) is 5.23. The van der Waals surface area contributed by atoms with Crippen LogP contribution in [0.4, 0.5) is 0 Å². The Labute approximate surface area is 117 Å². The lowest BCUT2D eigenvalue weighted by Gasteiger charge is -2.28. The Kier molecular flexibility index (Phi) is 8.29. The van der Waals surface area contributed by atoms with Crippen molar-refractivity contribution in [2.24, 2.45) is 5.73 Å². The van der Waals surface area contributed by atoms with Gasteiger partial charge in [-0.1, -0.05) is 25.3 Å². The Morgan fingerprint density at radius 1 is 1.33 bits per heavy atom. The first kappa shape index (κ1) is 17.5. The first-order chi connectivity index (χ1) is 8.10. The molecule has 3 nitrogen and oxygen atoms in total. The average molecular weight is 275 g/mol. The molecule has 0 atom stereocenters. The molecule has 4 heteroatoms. The Morgan fingerprint density at radius 2 is 1.94 bits per heavy atom. The maximum absolute atomic E-state index is 12.2. The number of nitrogens with zero attached hydrogens (tertiary/aromatic N) is 1. The van der Waals surface area contributed by atoms with Gasteiger partial charge in [0.15, 0.2) is 0 Å². The van der Waals surface area contributed by atoms with Crippen molar-refractivity contribution in [3.63, 3.8) is 0 Å². The predicted octanol–water partition coefficient (Wildman–Crippen LogP) is 2.88. The number of amides is 1. The Morgan fingerprint density at radius 3 is 2.50 bits per heavy atom. The summed E-state index contributed by atoms with van der Waals surface area (Å²) in [7, 11) is 1.88. The number of nitrogens with two attached hydrogens (primary N) is 1. The lowest BCUT2D eigenvalue weighted by atomic mass is 9.97. The molecule has 1 fully saturated rings. The summed E-state index contributed by atoms with van der Waals surface area (Å²) < 4.78 is 0. The summed E-state index contributed by atoms with van der Waals surface area (Å²) in [6, 6.07) is 0. The maximum Gasteiger partial charge on any atom is 0.242 e. The number of rotatable bonds is 7. The summed E-state index contributed by atoms with van der Waals surface area (Å²) in [6.45, 7) is 4.53. The van der Waals surface area contributed by atoms with Gasteiger partial charge < -0.3 is 10.6 Å². The highest BCUT2D eigenvalue weighted by Crippen LogP contribution is 2.28. The van der Waals surface area contributed by atoms with Crippen molar-refractivity contribution in [1.29, 1.82) is 0 Å². The van der Waals surface area contributed by atoms with Crippen molar-refractivity contribution in [3.8, 4) is 0 Å². The highest BCUT2D eigenvalue weighted by atomic mass is 35.5. The van der Waals surface area contributed by atoms with Crippen LogP contribution >= 0.6 is 12.4 Å². The fourth-order valence-corrected chi connectivity index (χ4v) is 2.52. The largest absolute Gasteiger partial charge is 0.344 e. The number of allylic oxidation sites excluding steroid dienone is 1. The van der Waals surface area contributed by atoms with Crippen molar-refractivity contribution < 1.29 is 4.79 Å². The Hall–Kier alpha value is -0.540. The van der Waals surface area contributed by atoms with Gasteiger partial charge in [0, 0.05) is 13.6 Å². The third-order valence-corrected chi connectivity index (χ3v) is 3.67. The number of likely N-dealkylation sites (N-methyl/N-ethyl adjacent to an activating group) is 1. The van der Waals surface area contributed by atoms with E-state index in [1.165, 1.54) is 6.42 Å². The highest BCUT2D eigenvalue weighted by Gasteiger charge is 2.38. The SMILES string of the molecule is C=CCCCCCN(C)C(=O)C1(N)CCCC1.Cl. The van der Waals surface area contributed by atoms with E-state index in [0.29, 0.717) is 0 Å². The van der Waals surface area contributed by atoms with Crippen LogP contribution in [-0.4, -0.2) is 29.9 Å². The molecule has 0 aromatic carbocycles. The molecule has 1 aliphatic rings. The lowest BCUT2D eigenvalue weighted by Crippen LogP contribution is -2.52. The maximum atomic E-state index is 12.2. The molecule has 18 heavy (non-hydrogen) atoms. The van der Waals surface area contributed by atoms with Crippen LogP contribution in [-0.2, 0) is 4.79 Å². The quantitative estimate of drug-likeness (QED) is 0.573. The van der Waals surface area contributed by atoms with Gasteiger partial charge in [0.25, 0.3) is 0 Å². The molecule has 0 spiro atoms. The first-order valence-corrected chi connectivity index (χ1v) is 6.75. The minimum Gasteiger partial charge on any atom is -0.344 e. The van der Waals surface area contributed by atoms with Crippen LogP contribution in [0.25, 0.3) is 0 Å². The molecule has 0 radical (unpaired) electrons. The number of halogens is 1. The van der Waals surface area contributed by atoms with E-state index in [4.69, 9.17) is 5.73 Å². The van der Waals surface area contributed by atoms with Crippen molar-refractivity contribution >= 4 is 18.3 Å². The standard InChI is InChI=1S/C14H26N2O.ClH/c1-3-4-5-6-9-12-16(2)13(17)14(15)10-7-8-11-14;/h3H,1,4-12,15H2,2H3;1H. The van der Waals surface area contributed by atoms with Crippen LogP contribution in [0, 0.1) is 0 Å². The van der Waals surface area contributed by atoms with Crippen LogP contribution in [0.5, 0.6) is 0 Å². The summed E-state index contributed by atoms with van der Waals surface area (Å²) in [6.07, 6.45) is 10.3. The lowest BCUT2D eigenvalue weighted by molar-refractivity contribution is -0.135. The van der Waals surface area contributed by atoms with Gasteiger partial charge in [-0.05, 0) is 32.1 Å². The number of hydrogen-bond acceptors (Lipinski definition) is 2. The van der Waals surface area contributed by atoms with E-state index >= 15 is 0 Å². The van der Waals surface area contributed by atoms with Crippen molar-refractivity contribution in [1.82, 2.24) is 4.90 Å². The number of carbonyl (C=O) groups is 1. The van der Waals surface area contributed by atoms with Gasteiger partial charge in [-0.15, -0.1) is 19.0 Å². The van der Waals surface area contributed by atoms with E-state index in [9.17, 15) is 4.79 Å². The molecular weight excluding hydrogens is 248 g/mol. The van der Waals surface area contributed by atoms with Crippen molar-refractivity contribution in [3.05, 3.63) is 12.7 Å². The van der Waals surface area contributed by atoms with Gasteiger partial charge in [-0.2, -0.15) is 0 Å². The normalized spacial score (nSPS) is 17.0. The zero-order valence-corrected chi connectivity index (χ0v) is 12.3. The Bertz CT molecular complexity index is 263. The summed E-state index contributed by atoms with van der Waals surface area (Å²) in [4.78, 5) is 14.0.